The van der Waals surface area contributed by atoms with Gasteiger partial charge in [0, 0.05) is 19.3 Å². The van der Waals surface area contributed by atoms with Crippen molar-refractivity contribution in [3.8, 4) is 5.75 Å². The summed E-state index contributed by atoms with van der Waals surface area (Å²) in [6.07, 6.45) is 5.08. The zero-order valence-electron chi connectivity index (χ0n) is 15.6. The Morgan fingerprint density at radius 1 is 1.12 bits per heavy atom. The van der Waals surface area contributed by atoms with Crippen LogP contribution in [0.1, 0.15) is 40.7 Å². The highest BCUT2D eigenvalue weighted by Gasteiger charge is 2.21. The largest absolute Gasteiger partial charge is 0.491 e. The van der Waals surface area contributed by atoms with E-state index in [0.29, 0.717) is 24.5 Å². The molecule has 1 amide bonds. The number of anilines is 1. The summed E-state index contributed by atoms with van der Waals surface area (Å²) in [4.78, 5) is 19.1. The number of piperidine rings is 1. The maximum Gasteiger partial charge on any atom is 0.257 e. The van der Waals surface area contributed by atoms with Gasteiger partial charge in [-0.1, -0.05) is 18.2 Å². The van der Waals surface area contributed by atoms with E-state index in [2.05, 4.69) is 10.3 Å². The molecular formula is C21H27N3O2. The maximum atomic E-state index is 12.8. The van der Waals surface area contributed by atoms with Crippen molar-refractivity contribution < 1.29 is 9.53 Å². The first-order valence-electron chi connectivity index (χ1n) is 9.34. The van der Waals surface area contributed by atoms with E-state index in [4.69, 9.17) is 4.74 Å². The summed E-state index contributed by atoms with van der Waals surface area (Å²) in [5.41, 5.74) is 2.90. The summed E-state index contributed by atoms with van der Waals surface area (Å²) in [5.74, 6) is 1.63. The Morgan fingerprint density at radius 3 is 2.58 bits per heavy atom. The Bertz CT molecular complexity index is 734. The molecule has 0 unspecified atom stereocenters. The van der Waals surface area contributed by atoms with Crippen LogP contribution in [0.3, 0.4) is 0 Å². The van der Waals surface area contributed by atoms with E-state index < -0.39 is 0 Å². The molecule has 1 saturated heterocycles. The molecule has 138 valence electrons. The number of pyridine rings is 1. The second-order valence-electron chi connectivity index (χ2n) is 6.75. The average Bonchev–Trinajstić information content (AvgIpc) is 2.67. The lowest BCUT2D eigenvalue weighted by atomic mass is 10.1. The quantitative estimate of drug-likeness (QED) is 0.802. The Labute approximate surface area is 155 Å². The fourth-order valence-corrected chi connectivity index (χ4v) is 3.34. The minimum Gasteiger partial charge on any atom is -0.491 e. The highest BCUT2D eigenvalue weighted by atomic mass is 16.5. The second-order valence-corrected chi connectivity index (χ2v) is 6.75. The molecule has 3 rings (SSSR count). The van der Waals surface area contributed by atoms with E-state index in [-0.39, 0.29) is 5.91 Å². The van der Waals surface area contributed by atoms with Crippen molar-refractivity contribution in [1.29, 1.82) is 0 Å². The van der Waals surface area contributed by atoms with Crippen molar-refractivity contribution in [2.24, 2.45) is 0 Å². The Balaban J connectivity index is 1.59. The van der Waals surface area contributed by atoms with Crippen LogP contribution in [0.2, 0.25) is 0 Å². The van der Waals surface area contributed by atoms with Gasteiger partial charge in [-0.25, -0.2) is 4.98 Å². The Kier molecular flexibility index (Phi) is 6.10. The Morgan fingerprint density at radius 2 is 1.85 bits per heavy atom. The normalized spacial score (nSPS) is 14.2. The van der Waals surface area contributed by atoms with Gasteiger partial charge < -0.3 is 15.0 Å². The van der Waals surface area contributed by atoms with Crippen LogP contribution >= 0.6 is 0 Å². The molecule has 0 aliphatic carbocycles. The van der Waals surface area contributed by atoms with Crippen LogP contribution in [-0.4, -0.2) is 42.0 Å². The van der Waals surface area contributed by atoms with E-state index in [1.165, 1.54) is 6.42 Å². The molecule has 2 aromatic rings. The van der Waals surface area contributed by atoms with E-state index >= 15 is 0 Å². The highest BCUT2D eigenvalue weighted by Crippen LogP contribution is 2.22. The monoisotopic (exact) mass is 353 g/mol. The number of ether oxygens (including phenoxy) is 1. The zero-order chi connectivity index (χ0) is 18.4. The lowest BCUT2D eigenvalue weighted by molar-refractivity contribution is 0.0725. The van der Waals surface area contributed by atoms with Gasteiger partial charge in [-0.2, -0.15) is 0 Å². The fourth-order valence-electron chi connectivity index (χ4n) is 3.34. The molecule has 5 nitrogen and oxygen atoms in total. The summed E-state index contributed by atoms with van der Waals surface area (Å²) in [6, 6.07) is 9.78. The smallest absolute Gasteiger partial charge is 0.257 e. The highest BCUT2D eigenvalue weighted by molar-refractivity contribution is 5.98. The second kappa shape index (κ2) is 8.70. The minimum atomic E-state index is 0.0657. The third-order valence-electron chi connectivity index (χ3n) is 4.73. The van der Waals surface area contributed by atoms with Gasteiger partial charge >= 0.3 is 0 Å². The minimum absolute atomic E-state index is 0.0657. The van der Waals surface area contributed by atoms with Crippen molar-refractivity contribution in [2.75, 3.05) is 31.6 Å². The summed E-state index contributed by atoms with van der Waals surface area (Å²) in [6.45, 7) is 6.87. The van der Waals surface area contributed by atoms with Gasteiger partial charge in [-0.15, -0.1) is 0 Å². The molecule has 0 bridgehead atoms. The van der Waals surface area contributed by atoms with Crippen molar-refractivity contribution in [3.63, 3.8) is 0 Å². The van der Waals surface area contributed by atoms with Gasteiger partial charge in [0.1, 0.15) is 18.2 Å². The van der Waals surface area contributed by atoms with Crippen LogP contribution in [0.15, 0.2) is 36.5 Å². The van der Waals surface area contributed by atoms with Gasteiger partial charge in [0.25, 0.3) is 5.91 Å². The number of carbonyl (C=O) groups is 1. The number of carbonyl (C=O) groups excluding carboxylic acids is 1. The topological polar surface area (TPSA) is 54.5 Å². The number of nitrogens with one attached hydrogen (secondary N) is 1. The standard InChI is InChI=1S/C21H27N3O2/c1-16-8-6-9-17(2)19(16)26-15-12-23-20-18(10-7-11-22-20)21(25)24-13-4-3-5-14-24/h6-11H,3-5,12-15H2,1-2H3,(H,22,23). The van der Waals surface area contributed by atoms with Crippen LogP contribution in [0.4, 0.5) is 5.82 Å². The van der Waals surface area contributed by atoms with E-state index in [0.717, 1.165) is 42.8 Å². The van der Waals surface area contributed by atoms with Gasteiger partial charge in [0.05, 0.1) is 12.1 Å². The number of aryl methyl sites for hydroxylation is 2. The van der Waals surface area contributed by atoms with Crippen molar-refractivity contribution in [3.05, 3.63) is 53.2 Å². The average molecular weight is 353 g/mol. The molecule has 26 heavy (non-hydrogen) atoms. The molecule has 1 N–H and O–H groups in total. The molecule has 1 aliphatic rings. The van der Waals surface area contributed by atoms with Crippen LogP contribution < -0.4 is 10.1 Å². The van der Waals surface area contributed by atoms with Crippen LogP contribution in [0.5, 0.6) is 5.75 Å². The molecule has 1 aromatic carbocycles. The zero-order valence-corrected chi connectivity index (χ0v) is 15.6. The first-order valence-corrected chi connectivity index (χ1v) is 9.34. The third kappa shape index (κ3) is 4.34. The lowest BCUT2D eigenvalue weighted by Gasteiger charge is -2.27. The number of aromatic nitrogens is 1. The summed E-state index contributed by atoms with van der Waals surface area (Å²) < 4.78 is 5.92. The van der Waals surface area contributed by atoms with Gasteiger partial charge in [0.2, 0.25) is 0 Å². The van der Waals surface area contributed by atoms with Crippen molar-refractivity contribution in [1.82, 2.24) is 9.88 Å². The Hall–Kier alpha value is -2.56. The first-order chi connectivity index (χ1) is 12.7. The van der Waals surface area contributed by atoms with Gasteiger partial charge in [-0.05, 0) is 56.4 Å². The van der Waals surface area contributed by atoms with Gasteiger partial charge in [-0.3, -0.25) is 4.79 Å². The number of para-hydroxylation sites is 1. The summed E-state index contributed by atoms with van der Waals surface area (Å²) >= 11 is 0. The number of hydrogen-bond acceptors (Lipinski definition) is 4. The molecule has 5 heteroatoms. The SMILES string of the molecule is Cc1cccc(C)c1OCCNc1ncccc1C(=O)N1CCCCC1. The molecule has 0 radical (unpaired) electrons. The van der Waals surface area contributed by atoms with Crippen LogP contribution in [0.25, 0.3) is 0 Å². The van der Waals surface area contributed by atoms with E-state index in [1.807, 2.05) is 49.1 Å². The molecule has 1 aromatic heterocycles. The van der Waals surface area contributed by atoms with Crippen molar-refractivity contribution >= 4 is 11.7 Å². The molecule has 0 atom stereocenters. The van der Waals surface area contributed by atoms with Gasteiger partial charge in [0.15, 0.2) is 0 Å². The molecule has 0 saturated carbocycles. The predicted molar refractivity (Wildman–Crippen MR) is 104 cm³/mol. The number of nitrogens with zero attached hydrogens (tertiary/aromatic N) is 2. The molecular weight excluding hydrogens is 326 g/mol. The van der Waals surface area contributed by atoms with E-state index in [9.17, 15) is 4.79 Å². The van der Waals surface area contributed by atoms with E-state index in [1.54, 1.807) is 6.20 Å². The number of rotatable bonds is 6. The maximum absolute atomic E-state index is 12.8. The number of amides is 1. The number of benzene rings is 1. The third-order valence-corrected chi connectivity index (χ3v) is 4.73. The predicted octanol–water partition coefficient (Wildman–Crippen LogP) is 3.82. The molecule has 0 spiro atoms. The molecule has 1 fully saturated rings. The van der Waals surface area contributed by atoms with Crippen LogP contribution in [0, 0.1) is 13.8 Å². The van der Waals surface area contributed by atoms with Crippen LogP contribution in [-0.2, 0) is 0 Å². The fraction of sp³-hybridized carbons (Fsp3) is 0.429. The summed E-state index contributed by atoms with van der Waals surface area (Å²) in [5, 5.41) is 3.26. The molecule has 2 heterocycles. The number of hydrogen-bond donors (Lipinski definition) is 1. The van der Waals surface area contributed by atoms with Crippen molar-refractivity contribution in [2.45, 2.75) is 33.1 Å². The lowest BCUT2D eigenvalue weighted by Crippen LogP contribution is -2.36. The molecule has 1 aliphatic heterocycles. The number of likely N-dealkylation sites (tertiary alicyclic amines) is 1. The summed E-state index contributed by atoms with van der Waals surface area (Å²) in [7, 11) is 0. The first kappa shape index (κ1) is 18.2.